The summed E-state index contributed by atoms with van der Waals surface area (Å²) in [6, 6.07) is 0. The van der Waals surface area contributed by atoms with Crippen molar-refractivity contribution in [2.24, 2.45) is 5.41 Å². The molecular weight excluding hydrogens is 264 g/mol. The smallest absolute Gasteiger partial charge is 0.240 e. The molecule has 0 radical (unpaired) electrons. The van der Waals surface area contributed by atoms with Crippen LogP contribution in [0.5, 0.6) is 0 Å². The van der Waals surface area contributed by atoms with Crippen LogP contribution in [0.4, 0.5) is 0 Å². The van der Waals surface area contributed by atoms with Crippen LogP contribution in [0.2, 0.25) is 0 Å². The first-order valence-electron chi connectivity index (χ1n) is 7.09. The first-order valence-corrected chi connectivity index (χ1v) is 7.09. The lowest BCUT2D eigenvalue weighted by atomic mass is 9.87. The van der Waals surface area contributed by atoms with Gasteiger partial charge >= 0.3 is 0 Å². The maximum atomic E-state index is 5.36. The quantitative estimate of drug-likeness (QED) is 0.913. The van der Waals surface area contributed by atoms with Crippen molar-refractivity contribution in [2.45, 2.75) is 38.1 Å². The van der Waals surface area contributed by atoms with Gasteiger partial charge in [0.05, 0.1) is 6.54 Å². The van der Waals surface area contributed by atoms with E-state index < -0.39 is 0 Å². The van der Waals surface area contributed by atoms with Gasteiger partial charge in [-0.15, -0.1) is 12.4 Å². The Morgan fingerprint density at radius 1 is 1.37 bits per heavy atom. The van der Waals surface area contributed by atoms with Crippen molar-refractivity contribution in [3.63, 3.8) is 0 Å². The average molecular weight is 285 g/mol. The summed E-state index contributed by atoms with van der Waals surface area (Å²) in [5, 5.41) is 7.57. The summed E-state index contributed by atoms with van der Waals surface area (Å²) in [5.41, 5.74) is 0.527. The Morgan fingerprint density at radius 2 is 2.26 bits per heavy atom. The third-order valence-electron chi connectivity index (χ3n) is 4.63. The number of aromatic nitrogens is 2. The van der Waals surface area contributed by atoms with Crippen molar-refractivity contribution >= 4 is 12.4 Å². The van der Waals surface area contributed by atoms with Gasteiger partial charge in [0, 0.05) is 19.0 Å². The second kappa shape index (κ2) is 5.04. The highest BCUT2D eigenvalue weighted by Crippen LogP contribution is 2.39. The van der Waals surface area contributed by atoms with Gasteiger partial charge in [-0.05, 0) is 44.2 Å². The lowest BCUT2D eigenvalue weighted by molar-refractivity contribution is 0.235. The molecule has 19 heavy (non-hydrogen) atoms. The number of hydrogen-bond acceptors (Lipinski definition) is 5. The molecule has 3 heterocycles. The summed E-state index contributed by atoms with van der Waals surface area (Å²) in [5.74, 6) is 2.33. The zero-order valence-electron chi connectivity index (χ0n) is 11.1. The van der Waals surface area contributed by atoms with Gasteiger partial charge in [-0.25, -0.2) is 0 Å². The fourth-order valence-corrected chi connectivity index (χ4v) is 3.34. The Kier molecular flexibility index (Phi) is 3.53. The van der Waals surface area contributed by atoms with E-state index >= 15 is 0 Å². The van der Waals surface area contributed by atoms with Gasteiger partial charge in [0.25, 0.3) is 0 Å². The SMILES string of the molecule is C1CC2(CCN(Cc3nc(C4CC4)no3)C2)CN1.Cl. The molecule has 1 unspecified atom stereocenters. The molecule has 1 aliphatic carbocycles. The second-order valence-electron chi connectivity index (χ2n) is 6.21. The molecule has 106 valence electrons. The van der Waals surface area contributed by atoms with Crippen LogP contribution in [-0.4, -0.2) is 41.2 Å². The molecule has 3 fully saturated rings. The number of likely N-dealkylation sites (tertiary alicyclic amines) is 1. The normalized spacial score (nSPS) is 30.9. The van der Waals surface area contributed by atoms with Gasteiger partial charge in [-0.1, -0.05) is 5.16 Å². The van der Waals surface area contributed by atoms with Crippen molar-refractivity contribution in [1.29, 1.82) is 0 Å². The first-order chi connectivity index (χ1) is 8.83. The number of hydrogen-bond donors (Lipinski definition) is 1. The molecule has 2 saturated heterocycles. The molecular formula is C13H21ClN4O. The summed E-state index contributed by atoms with van der Waals surface area (Å²) < 4.78 is 5.36. The van der Waals surface area contributed by atoms with Gasteiger partial charge < -0.3 is 9.84 Å². The summed E-state index contributed by atoms with van der Waals surface area (Å²) in [6.45, 7) is 5.55. The number of halogens is 1. The zero-order valence-corrected chi connectivity index (χ0v) is 11.9. The van der Waals surface area contributed by atoms with E-state index in [0.717, 1.165) is 18.3 Å². The highest BCUT2D eigenvalue weighted by atomic mass is 35.5. The van der Waals surface area contributed by atoms with Crippen LogP contribution >= 0.6 is 12.4 Å². The summed E-state index contributed by atoms with van der Waals surface area (Å²) in [6.07, 6.45) is 5.10. The fourth-order valence-electron chi connectivity index (χ4n) is 3.34. The van der Waals surface area contributed by atoms with Crippen LogP contribution < -0.4 is 5.32 Å². The van der Waals surface area contributed by atoms with E-state index in [2.05, 4.69) is 20.4 Å². The number of nitrogens with zero attached hydrogens (tertiary/aromatic N) is 3. The van der Waals surface area contributed by atoms with Crippen LogP contribution in [0, 0.1) is 5.41 Å². The lowest BCUT2D eigenvalue weighted by Crippen LogP contribution is -2.29. The van der Waals surface area contributed by atoms with Crippen molar-refractivity contribution in [1.82, 2.24) is 20.4 Å². The first kappa shape index (κ1) is 13.3. The Hall–Kier alpha value is -0.650. The Balaban J connectivity index is 0.00000110. The van der Waals surface area contributed by atoms with Gasteiger partial charge in [-0.3, -0.25) is 4.90 Å². The van der Waals surface area contributed by atoms with Crippen LogP contribution in [0.1, 0.15) is 43.3 Å². The molecule has 0 amide bonds. The van der Waals surface area contributed by atoms with Crippen LogP contribution in [0.15, 0.2) is 4.52 Å². The van der Waals surface area contributed by atoms with E-state index in [-0.39, 0.29) is 12.4 Å². The lowest BCUT2D eigenvalue weighted by Gasteiger charge is -2.21. The molecule has 4 rings (SSSR count). The van der Waals surface area contributed by atoms with Crippen LogP contribution in [0.3, 0.4) is 0 Å². The predicted molar refractivity (Wildman–Crippen MR) is 73.3 cm³/mol. The van der Waals surface area contributed by atoms with Gasteiger partial charge in [0.15, 0.2) is 5.82 Å². The van der Waals surface area contributed by atoms with Crippen LogP contribution in [0.25, 0.3) is 0 Å². The van der Waals surface area contributed by atoms with E-state index in [9.17, 15) is 0 Å². The van der Waals surface area contributed by atoms with E-state index in [1.54, 1.807) is 0 Å². The minimum Gasteiger partial charge on any atom is -0.338 e. The minimum absolute atomic E-state index is 0. The maximum absolute atomic E-state index is 5.36. The molecule has 1 aromatic rings. The minimum atomic E-state index is 0. The molecule has 0 bridgehead atoms. The van der Waals surface area contributed by atoms with E-state index in [4.69, 9.17) is 4.52 Å². The number of rotatable bonds is 3. The highest BCUT2D eigenvalue weighted by molar-refractivity contribution is 5.85. The maximum Gasteiger partial charge on any atom is 0.240 e. The van der Waals surface area contributed by atoms with E-state index in [1.165, 1.54) is 51.9 Å². The zero-order chi connectivity index (χ0) is 12.0. The molecule has 1 aromatic heterocycles. The Labute approximate surface area is 119 Å². The van der Waals surface area contributed by atoms with Gasteiger partial charge in [-0.2, -0.15) is 4.98 Å². The van der Waals surface area contributed by atoms with Gasteiger partial charge in [0.1, 0.15) is 0 Å². The predicted octanol–water partition coefficient (Wildman–Crippen LogP) is 1.55. The third-order valence-corrected chi connectivity index (χ3v) is 4.63. The summed E-state index contributed by atoms with van der Waals surface area (Å²) in [7, 11) is 0. The molecule has 6 heteroatoms. The summed E-state index contributed by atoms with van der Waals surface area (Å²) >= 11 is 0. The summed E-state index contributed by atoms with van der Waals surface area (Å²) in [4.78, 5) is 6.99. The molecule has 1 atom stereocenters. The molecule has 1 saturated carbocycles. The average Bonchev–Trinajstić information content (AvgIpc) is 2.81. The van der Waals surface area contributed by atoms with Crippen molar-refractivity contribution in [2.75, 3.05) is 26.2 Å². The van der Waals surface area contributed by atoms with E-state index in [1.807, 2.05) is 0 Å². The van der Waals surface area contributed by atoms with Crippen LogP contribution in [-0.2, 0) is 6.54 Å². The van der Waals surface area contributed by atoms with E-state index in [0.29, 0.717) is 11.3 Å². The molecule has 5 nitrogen and oxygen atoms in total. The topological polar surface area (TPSA) is 54.2 Å². The second-order valence-corrected chi connectivity index (χ2v) is 6.21. The molecule has 0 aromatic carbocycles. The number of nitrogens with one attached hydrogen (secondary N) is 1. The molecule has 2 aliphatic heterocycles. The van der Waals surface area contributed by atoms with Crippen molar-refractivity contribution in [3.8, 4) is 0 Å². The fraction of sp³-hybridized carbons (Fsp3) is 0.846. The standard InChI is InChI=1S/C13H20N4O.ClH/c1-2-10(1)12-15-11(18-16-12)7-17-6-4-13(9-17)3-5-14-8-13;/h10,14H,1-9H2;1H. The van der Waals surface area contributed by atoms with Crippen molar-refractivity contribution < 1.29 is 4.52 Å². The molecule has 1 N–H and O–H groups in total. The molecule has 3 aliphatic rings. The Bertz CT molecular complexity index is 440. The monoisotopic (exact) mass is 284 g/mol. The third kappa shape index (κ3) is 2.64. The van der Waals surface area contributed by atoms with Gasteiger partial charge in [0.2, 0.25) is 5.89 Å². The highest BCUT2D eigenvalue weighted by Gasteiger charge is 2.40. The molecule has 1 spiro atoms. The Morgan fingerprint density at radius 3 is 3.00 bits per heavy atom. The van der Waals surface area contributed by atoms with Crippen molar-refractivity contribution in [3.05, 3.63) is 11.7 Å². The largest absolute Gasteiger partial charge is 0.338 e.